The van der Waals surface area contributed by atoms with E-state index < -0.39 is 9.84 Å². The second-order valence-electron chi connectivity index (χ2n) is 5.09. The van der Waals surface area contributed by atoms with Crippen LogP contribution in [-0.2, 0) is 9.84 Å². The summed E-state index contributed by atoms with van der Waals surface area (Å²) in [7, 11) is -2.28. The molecule has 130 valence electrons. The van der Waals surface area contributed by atoms with Crippen molar-refractivity contribution in [1.29, 1.82) is 0 Å². The summed E-state index contributed by atoms with van der Waals surface area (Å²) < 4.78 is 41.7. The van der Waals surface area contributed by atoms with E-state index in [-0.39, 0.29) is 28.4 Å². The highest BCUT2D eigenvalue weighted by atomic mass is 32.2. The van der Waals surface area contributed by atoms with Crippen molar-refractivity contribution >= 4 is 9.84 Å². The Morgan fingerprint density at radius 3 is 2.32 bits per heavy atom. The molecule has 0 aliphatic rings. The molecule has 3 rings (SSSR count). The molecule has 0 unspecified atom stereocenters. The molecule has 2 aromatic carbocycles. The maximum Gasteiger partial charge on any atom is 0.325 e. The van der Waals surface area contributed by atoms with Crippen molar-refractivity contribution in [2.24, 2.45) is 0 Å². The number of oxazole rings is 1. The SMILES string of the molecule is CCOc1oc(-c2ccc(OC)cc2)nc1S(=O)(=O)c1ccccc1. The Kier molecular flexibility index (Phi) is 4.76. The monoisotopic (exact) mass is 359 g/mol. The van der Waals surface area contributed by atoms with Crippen LogP contribution in [0.25, 0.3) is 11.5 Å². The lowest BCUT2D eigenvalue weighted by molar-refractivity contribution is 0.251. The molecule has 0 atom stereocenters. The molecule has 7 heteroatoms. The molecular weight excluding hydrogens is 342 g/mol. The van der Waals surface area contributed by atoms with E-state index in [0.29, 0.717) is 11.3 Å². The van der Waals surface area contributed by atoms with Crippen LogP contribution in [0.15, 0.2) is 68.9 Å². The molecule has 0 aliphatic heterocycles. The lowest BCUT2D eigenvalue weighted by Crippen LogP contribution is -2.05. The van der Waals surface area contributed by atoms with Crippen molar-refractivity contribution in [3.63, 3.8) is 0 Å². The van der Waals surface area contributed by atoms with Gasteiger partial charge in [-0.25, -0.2) is 8.42 Å². The molecule has 3 aromatic rings. The van der Waals surface area contributed by atoms with Crippen molar-refractivity contribution in [2.45, 2.75) is 16.8 Å². The van der Waals surface area contributed by atoms with Gasteiger partial charge in [-0.15, -0.1) is 0 Å². The minimum absolute atomic E-state index is 0.114. The molecule has 6 nitrogen and oxygen atoms in total. The van der Waals surface area contributed by atoms with Crippen LogP contribution in [0.1, 0.15) is 6.92 Å². The summed E-state index contributed by atoms with van der Waals surface area (Å²) >= 11 is 0. The normalized spacial score (nSPS) is 11.3. The van der Waals surface area contributed by atoms with E-state index >= 15 is 0 Å². The molecule has 0 saturated heterocycles. The zero-order valence-electron chi connectivity index (χ0n) is 13.8. The van der Waals surface area contributed by atoms with Gasteiger partial charge in [-0.05, 0) is 43.3 Å². The van der Waals surface area contributed by atoms with Crippen molar-refractivity contribution in [3.05, 3.63) is 54.6 Å². The Balaban J connectivity index is 2.08. The Hall–Kier alpha value is -2.80. The van der Waals surface area contributed by atoms with E-state index in [2.05, 4.69) is 4.98 Å². The van der Waals surface area contributed by atoms with Gasteiger partial charge < -0.3 is 13.9 Å². The molecule has 1 heterocycles. The number of aromatic nitrogens is 1. The van der Waals surface area contributed by atoms with Gasteiger partial charge in [-0.3, -0.25) is 0 Å². The lowest BCUT2D eigenvalue weighted by atomic mass is 10.2. The lowest BCUT2D eigenvalue weighted by Gasteiger charge is -2.03. The quantitative estimate of drug-likeness (QED) is 0.669. The predicted molar refractivity (Wildman–Crippen MR) is 91.6 cm³/mol. The summed E-state index contributed by atoms with van der Waals surface area (Å²) in [6.07, 6.45) is 0. The predicted octanol–water partition coefficient (Wildman–Crippen LogP) is 3.58. The molecule has 0 spiro atoms. The summed E-state index contributed by atoms with van der Waals surface area (Å²) in [5.74, 6) is 0.732. The molecule has 0 radical (unpaired) electrons. The van der Waals surface area contributed by atoms with E-state index in [1.54, 1.807) is 56.5 Å². The van der Waals surface area contributed by atoms with Crippen LogP contribution in [0, 0.1) is 0 Å². The molecule has 0 N–H and O–H groups in total. The van der Waals surface area contributed by atoms with Crippen LogP contribution >= 0.6 is 0 Å². The largest absolute Gasteiger partial charge is 0.497 e. The first-order chi connectivity index (χ1) is 12.1. The number of rotatable bonds is 6. The maximum absolute atomic E-state index is 12.9. The number of benzene rings is 2. The summed E-state index contributed by atoms with van der Waals surface area (Å²) in [6, 6.07) is 15.0. The van der Waals surface area contributed by atoms with Crippen molar-refractivity contribution in [3.8, 4) is 23.1 Å². The van der Waals surface area contributed by atoms with Gasteiger partial charge in [0, 0.05) is 5.56 Å². The van der Waals surface area contributed by atoms with Gasteiger partial charge in [0.05, 0.1) is 18.6 Å². The first-order valence-corrected chi connectivity index (χ1v) is 9.12. The summed E-state index contributed by atoms with van der Waals surface area (Å²) in [6.45, 7) is 2.00. The summed E-state index contributed by atoms with van der Waals surface area (Å²) in [5, 5.41) is -0.230. The third-order valence-corrected chi connectivity index (χ3v) is 5.15. The third kappa shape index (κ3) is 3.36. The maximum atomic E-state index is 12.9. The Bertz CT molecular complexity index is 947. The second-order valence-corrected chi connectivity index (χ2v) is 6.95. The molecule has 1 aromatic heterocycles. The average molecular weight is 359 g/mol. The Morgan fingerprint density at radius 2 is 1.72 bits per heavy atom. The number of nitrogens with zero attached hydrogens (tertiary/aromatic N) is 1. The number of hydrogen-bond acceptors (Lipinski definition) is 6. The van der Waals surface area contributed by atoms with E-state index in [1.165, 1.54) is 12.1 Å². The van der Waals surface area contributed by atoms with Crippen LogP contribution in [0.5, 0.6) is 11.7 Å². The zero-order valence-corrected chi connectivity index (χ0v) is 14.6. The van der Waals surface area contributed by atoms with Crippen molar-refractivity contribution in [2.75, 3.05) is 13.7 Å². The van der Waals surface area contributed by atoms with Gasteiger partial charge in [0.15, 0.2) is 0 Å². The van der Waals surface area contributed by atoms with Crippen molar-refractivity contribution in [1.82, 2.24) is 4.98 Å². The summed E-state index contributed by atoms with van der Waals surface area (Å²) in [5.41, 5.74) is 0.622. The van der Waals surface area contributed by atoms with E-state index in [1.807, 2.05) is 0 Å². The zero-order chi connectivity index (χ0) is 17.9. The van der Waals surface area contributed by atoms with Gasteiger partial charge in [0.2, 0.25) is 20.8 Å². The minimum Gasteiger partial charge on any atom is -0.497 e. The first-order valence-electron chi connectivity index (χ1n) is 7.64. The van der Waals surface area contributed by atoms with Crippen LogP contribution in [-0.4, -0.2) is 27.1 Å². The van der Waals surface area contributed by atoms with Gasteiger partial charge in [-0.2, -0.15) is 4.98 Å². The summed E-state index contributed by atoms with van der Waals surface area (Å²) in [4.78, 5) is 4.31. The molecular formula is C18H17NO5S. The highest BCUT2D eigenvalue weighted by molar-refractivity contribution is 7.91. The van der Waals surface area contributed by atoms with E-state index in [0.717, 1.165) is 0 Å². The van der Waals surface area contributed by atoms with Crippen LogP contribution < -0.4 is 9.47 Å². The number of ether oxygens (including phenoxy) is 2. The standard InChI is InChI=1S/C18H17NO5S/c1-3-23-18-17(25(20,21)15-7-5-4-6-8-15)19-16(24-18)13-9-11-14(22-2)12-10-13/h4-12H,3H2,1-2H3. The smallest absolute Gasteiger partial charge is 0.325 e. The average Bonchev–Trinajstić information content (AvgIpc) is 3.08. The van der Waals surface area contributed by atoms with Gasteiger partial charge in [0.1, 0.15) is 5.75 Å². The van der Waals surface area contributed by atoms with Crippen LogP contribution in [0.2, 0.25) is 0 Å². The fraction of sp³-hybridized carbons (Fsp3) is 0.167. The minimum atomic E-state index is -3.85. The van der Waals surface area contributed by atoms with Crippen LogP contribution in [0.3, 0.4) is 0 Å². The molecule has 0 amide bonds. The molecule has 25 heavy (non-hydrogen) atoms. The number of sulfone groups is 1. The van der Waals surface area contributed by atoms with Gasteiger partial charge in [0.25, 0.3) is 0 Å². The van der Waals surface area contributed by atoms with E-state index in [4.69, 9.17) is 13.9 Å². The molecule has 0 saturated carbocycles. The fourth-order valence-electron chi connectivity index (χ4n) is 2.25. The first kappa shape index (κ1) is 17.0. The Labute approximate surface area is 146 Å². The van der Waals surface area contributed by atoms with Crippen LogP contribution in [0.4, 0.5) is 0 Å². The number of methoxy groups -OCH3 is 1. The Morgan fingerprint density at radius 1 is 1.04 bits per heavy atom. The highest BCUT2D eigenvalue weighted by Crippen LogP contribution is 2.34. The highest BCUT2D eigenvalue weighted by Gasteiger charge is 2.29. The van der Waals surface area contributed by atoms with E-state index in [9.17, 15) is 8.42 Å². The second kappa shape index (κ2) is 6.98. The number of hydrogen-bond donors (Lipinski definition) is 0. The molecule has 0 aliphatic carbocycles. The molecule has 0 bridgehead atoms. The van der Waals surface area contributed by atoms with Crippen molar-refractivity contribution < 1.29 is 22.3 Å². The van der Waals surface area contributed by atoms with Gasteiger partial charge >= 0.3 is 5.95 Å². The van der Waals surface area contributed by atoms with Gasteiger partial charge in [-0.1, -0.05) is 18.2 Å². The fourth-order valence-corrected chi connectivity index (χ4v) is 3.51. The third-order valence-electron chi connectivity index (χ3n) is 3.49. The topological polar surface area (TPSA) is 78.6 Å². The molecule has 0 fully saturated rings.